The van der Waals surface area contributed by atoms with Crippen LogP contribution >= 0.6 is 0 Å². The van der Waals surface area contributed by atoms with Crippen molar-refractivity contribution in [1.29, 1.82) is 0 Å². The third-order valence-corrected chi connectivity index (χ3v) is 3.37. The number of carbonyl (C=O) groups is 1. The molecule has 1 N–H and O–H groups in total. The molecule has 3 unspecified atom stereocenters. The van der Waals surface area contributed by atoms with Gasteiger partial charge in [-0.2, -0.15) is 0 Å². The summed E-state index contributed by atoms with van der Waals surface area (Å²) in [6, 6.07) is 0. The molecule has 1 heterocycles. The van der Waals surface area contributed by atoms with Gasteiger partial charge in [-0.1, -0.05) is 13.8 Å². The summed E-state index contributed by atoms with van der Waals surface area (Å²) in [5.41, 5.74) is 0.828. The number of rotatable bonds is 0. The van der Waals surface area contributed by atoms with Gasteiger partial charge in [-0.25, -0.2) is 0 Å². The second-order valence-corrected chi connectivity index (χ2v) is 4.27. The average molecular weight is 196 g/mol. The van der Waals surface area contributed by atoms with Gasteiger partial charge in [-0.15, -0.1) is 0 Å². The topological polar surface area (TPSA) is 46.5 Å². The largest absolute Gasteiger partial charge is 0.469 e. The van der Waals surface area contributed by atoms with Crippen LogP contribution in [0.5, 0.6) is 0 Å². The molecule has 0 saturated carbocycles. The van der Waals surface area contributed by atoms with Crippen LogP contribution in [0.25, 0.3) is 0 Å². The monoisotopic (exact) mass is 196 g/mol. The van der Waals surface area contributed by atoms with Gasteiger partial charge in [0.15, 0.2) is 12.1 Å². The molecule has 0 aromatic carbocycles. The van der Waals surface area contributed by atoms with Crippen LogP contribution in [0.3, 0.4) is 0 Å². The minimum atomic E-state index is -0.741. The Morgan fingerprint density at radius 3 is 2.79 bits per heavy atom. The van der Waals surface area contributed by atoms with Gasteiger partial charge in [0.1, 0.15) is 5.76 Å². The number of aliphatic hydroxyl groups excluding tert-OH is 1. The SMILES string of the molecule is CC1C2=C(CCCC2=O)OC(O)C1C. The highest BCUT2D eigenvalue weighted by Crippen LogP contribution is 2.38. The lowest BCUT2D eigenvalue weighted by molar-refractivity contribution is -0.136. The van der Waals surface area contributed by atoms with Crippen molar-refractivity contribution in [3.63, 3.8) is 0 Å². The molecule has 14 heavy (non-hydrogen) atoms. The van der Waals surface area contributed by atoms with Gasteiger partial charge in [0.2, 0.25) is 0 Å². The lowest BCUT2D eigenvalue weighted by atomic mass is 9.79. The van der Waals surface area contributed by atoms with Crippen LogP contribution in [-0.4, -0.2) is 17.2 Å². The van der Waals surface area contributed by atoms with Crippen molar-refractivity contribution in [3.05, 3.63) is 11.3 Å². The Bertz CT molecular complexity index is 293. The normalized spacial score (nSPS) is 37.9. The number of allylic oxidation sites excluding steroid dienone is 2. The molecule has 2 rings (SSSR count). The van der Waals surface area contributed by atoms with Gasteiger partial charge in [0.25, 0.3) is 0 Å². The van der Waals surface area contributed by atoms with Crippen LogP contribution < -0.4 is 0 Å². The van der Waals surface area contributed by atoms with Crippen LogP contribution in [0.1, 0.15) is 33.1 Å². The maximum absolute atomic E-state index is 11.7. The molecule has 0 bridgehead atoms. The average Bonchev–Trinajstić information content (AvgIpc) is 2.14. The summed E-state index contributed by atoms with van der Waals surface area (Å²) in [6.07, 6.45) is 1.55. The quantitative estimate of drug-likeness (QED) is 0.640. The number of aliphatic hydroxyl groups is 1. The maximum Gasteiger partial charge on any atom is 0.200 e. The predicted molar refractivity (Wildman–Crippen MR) is 51.3 cm³/mol. The zero-order chi connectivity index (χ0) is 10.3. The highest BCUT2D eigenvalue weighted by Gasteiger charge is 2.37. The van der Waals surface area contributed by atoms with Gasteiger partial charge in [-0.3, -0.25) is 4.79 Å². The third-order valence-electron chi connectivity index (χ3n) is 3.37. The molecule has 3 heteroatoms. The van der Waals surface area contributed by atoms with Crippen LogP contribution in [0.2, 0.25) is 0 Å². The fourth-order valence-electron chi connectivity index (χ4n) is 2.23. The number of hydrogen-bond donors (Lipinski definition) is 1. The molecule has 0 fully saturated rings. The van der Waals surface area contributed by atoms with Gasteiger partial charge in [-0.05, 0) is 12.3 Å². The van der Waals surface area contributed by atoms with Crippen LogP contribution in [0.4, 0.5) is 0 Å². The predicted octanol–water partition coefficient (Wildman–Crippen LogP) is 1.61. The Hall–Kier alpha value is -0.830. The van der Waals surface area contributed by atoms with E-state index < -0.39 is 6.29 Å². The molecule has 0 radical (unpaired) electrons. The number of ether oxygens (including phenoxy) is 1. The van der Waals surface area contributed by atoms with Crippen LogP contribution in [0.15, 0.2) is 11.3 Å². The number of carbonyl (C=O) groups excluding carboxylic acids is 1. The van der Waals surface area contributed by atoms with Crippen molar-refractivity contribution in [2.24, 2.45) is 11.8 Å². The molecule has 3 atom stereocenters. The van der Waals surface area contributed by atoms with Gasteiger partial charge < -0.3 is 9.84 Å². The first-order valence-corrected chi connectivity index (χ1v) is 5.22. The van der Waals surface area contributed by atoms with E-state index in [1.807, 2.05) is 13.8 Å². The third kappa shape index (κ3) is 1.36. The molecule has 0 saturated heterocycles. The standard InChI is InChI=1S/C11H16O3/c1-6-7(2)11(13)14-9-5-3-4-8(12)10(6)9/h6-7,11,13H,3-5H2,1-2H3. The first-order chi connectivity index (χ1) is 6.61. The van der Waals surface area contributed by atoms with E-state index >= 15 is 0 Å². The molecule has 0 amide bonds. The number of Topliss-reactive ketones (excluding diaryl/α,β-unsaturated/α-hetero) is 1. The van der Waals surface area contributed by atoms with Crippen molar-refractivity contribution in [3.8, 4) is 0 Å². The summed E-state index contributed by atoms with van der Waals surface area (Å²) in [4.78, 5) is 11.7. The lowest BCUT2D eigenvalue weighted by Gasteiger charge is -2.36. The van der Waals surface area contributed by atoms with Crippen molar-refractivity contribution in [2.45, 2.75) is 39.4 Å². The second kappa shape index (κ2) is 3.39. The fourth-order valence-corrected chi connectivity index (χ4v) is 2.23. The van der Waals surface area contributed by atoms with Crippen LogP contribution in [-0.2, 0) is 9.53 Å². The molecule has 1 aliphatic carbocycles. The molecular weight excluding hydrogens is 180 g/mol. The second-order valence-electron chi connectivity index (χ2n) is 4.27. The smallest absolute Gasteiger partial charge is 0.200 e. The van der Waals surface area contributed by atoms with E-state index in [1.165, 1.54) is 0 Å². The molecule has 78 valence electrons. The van der Waals surface area contributed by atoms with Gasteiger partial charge >= 0.3 is 0 Å². The molecular formula is C11H16O3. The maximum atomic E-state index is 11.7. The number of hydrogen-bond acceptors (Lipinski definition) is 3. The van der Waals surface area contributed by atoms with Crippen molar-refractivity contribution in [2.75, 3.05) is 0 Å². The van der Waals surface area contributed by atoms with Gasteiger partial charge in [0.05, 0.1) is 0 Å². The van der Waals surface area contributed by atoms with Crippen molar-refractivity contribution in [1.82, 2.24) is 0 Å². The van der Waals surface area contributed by atoms with Crippen molar-refractivity contribution < 1.29 is 14.6 Å². The van der Waals surface area contributed by atoms with E-state index in [0.29, 0.717) is 6.42 Å². The first kappa shape index (κ1) is 9.71. The Morgan fingerprint density at radius 1 is 1.36 bits per heavy atom. The highest BCUT2D eigenvalue weighted by atomic mass is 16.6. The van der Waals surface area contributed by atoms with E-state index in [-0.39, 0.29) is 17.6 Å². The molecule has 0 aromatic rings. The van der Waals surface area contributed by atoms with E-state index in [0.717, 1.165) is 24.2 Å². The summed E-state index contributed by atoms with van der Waals surface area (Å²) in [5.74, 6) is 1.08. The Morgan fingerprint density at radius 2 is 2.07 bits per heavy atom. The molecule has 0 spiro atoms. The molecule has 3 nitrogen and oxygen atoms in total. The minimum Gasteiger partial charge on any atom is -0.469 e. The Labute approximate surface area is 83.8 Å². The molecule has 2 aliphatic rings. The fraction of sp³-hybridized carbons (Fsp3) is 0.727. The summed E-state index contributed by atoms with van der Waals surface area (Å²) in [6.45, 7) is 3.91. The van der Waals surface area contributed by atoms with E-state index in [1.54, 1.807) is 0 Å². The zero-order valence-electron chi connectivity index (χ0n) is 8.62. The summed E-state index contributed by atoms with van der Waals surface area (Å²) >= 11 is 0. The van der Waals surface area contributed by atoms with E-state index in [9.17, 15) is 9.90 Å². The Kier molecular flexibility index (Phi) is 2.35. The van der Waals surface area contributed by atoms with E-state index in [4.69, 9.17) is 4.74 Å². The summed E-state index contributed by atoms with van der Waals surface area (Å²) in [5, 5.41) is 9.61. The number of ketones is 1. The highest BCUT2D eigenvalue weighted by molar-refractivity contribution is 5.97. The minimum absolute atomic E-state index is 0.01000. The Balaban J connectivity index is 2.36. The lowest BCUT2D eigenvalue weighted by Crippen LogP contribution is -2.36. The van der Waals surface area contributed by atoms with Crippen LogP contribution in [0, 0.1) is 11.8 Å². The summed E-state index contributed by atoms with van der Waals surface area (Å²) in [7, 11) is 0. The first-order valence-electron chi connectivity index (χ1n) is 5.22. The zero-order valence-corrected chi connectivity index (χ0v) is 8.62. The summed E-state index contributed by atoms with van der Waals surface area (Å²) < 4.78 is 5.36. The van der Waals surface area contributed by atoms with E-state index in [2.05, 4.69) is 0 Å². The van der Waals surface area contributed by atoms with Gasteiger partial charge in [0, 0.05) is 24.3 Å². The molecule has 1 aliphatic heterocycles. The molecule has 0 aromatic heterocycles. The van der Waals surface area contributed by atoms with Crippen molar-refractivity contribution >= 4 is 5.78 Å².